The van der Waals surface area contributed by atoms with Gasteiger partial charge in [-0.15, -0.1) is 0 Å². The molecule has 1 atom stereocenters. The number of hydrogen-bond acceptors (Lipinski definition) is 3. The molecule has 2 N–H and O–H groups in total. The maximum absolute atomic E-state index is 13.2. The molecule has 0 aliphatic carbocycles. The topological polar surface area (TPSA) is 71.3 Å². The van der Waals surface area contributed by atoms with E-state index in [-0.39, 0.29) is 11.7 Å². The monoisotopic (exact) mass is 518 g/mol. The van der Waals surface area contributed by atoms with E-state index in [1.807, 2.05) is 56.3 Å². The molecule has 0 spiro atoms. The Morgan fingerprint density at radius 3 is 2.33 bits per heavy atom. The lowest BCUT2D eigenvalue weighted by molar-refractivity contribution is -0.118. The molecule has 0 bridgehead atoms. The first-order valence-electron chi connectivity index (χ1n) is 11.3. The minimum atomic E-state index is -0.450. The summed E-state index contributed by atoms with van der Waals surface area (Å²) in [6.07, 6.45) is 1.49. The van der Waals surface area contributed by atoms with Gasteiger partial charge in [0, 0.05) is 22.2 Å². The summed E-state index contributed by atoms with van der Waals surface area (Å²) >= 11 is 12.3. The highest BCUT2D eigenvalue weighted by atomic mass is 35.5. The van der Waals surface area contributed by atoms with Crippen LogP contribution in [-0.2, 0) is 4.79 Å². The Hall–Kier alpha value is -3.80. The van der Waals surface area contributed by atoms with E-state index < -0.39 is 11.8 Å². The van der Waals surface area contributed by atoms with Crippen LogP contribution in [0, 0.1) is 6.92 Å². The van der Waals surface area contributed by atoms with Crippen molar-refractivity contribution in [1.29, 1.82) is 0 Å². The second-order valence-corrected chi connectivity index (χ2v) is 9.15. The molecule has 4 aromatic rings. The number of nitrogens with one attached hydrogen (secondary N) is 2. The summed E-state index contributed by atoms with van der Waals surface area (Å²) in [6.45, 7) is 3.81. The van der Waals surface area contributed by atoms with E-state index in [9.17, 15) is 9.59 Å². The first-order valence-corrected chi connectivity index (χ1v) is 12.1. The van der Waals surface area contributed by atoms with E-state index in [4.69, 9.17) is 27.6 Å². The number of amides is 2. The van der Waals surface area contributed by atoms with Gasteiger partial charge in [0.2, 0.25) is 0 Å². The summed E-state index contributed by atoms with van der Waals surface area (Å²) in [5.74, 6) is 0.0218. The molecule has 1 unspecified atom stereocenters. The number of carbonyl (C=O) groups is 2. The largest absolute Gasteiger partial charge is 0.457 e. The summed E-state index contributed by atoms with van der Waals surface area (Å²) < 4.78 is 5.93. The fraction of sp³-hybridized carbons (Fsp3) is 0.103. The molecule has 5 nitrogen and oxygen atoms in total. The van der Waals surface area contributed by atoms with Crippen LogP contribution < -0.4 is 10.6 Å². The molecule has 0 saturated heterocycles. The Labute approximate surface area is 219 Å². The van der Waals surface area contributed by atoms with Crippen LogP contribution in [0.25, 0.3) is 17.4 Å². The summed E-state index contributed by atoms with van der Waals surface area (Å²) in [4.78, 5) is 26.2. The SMILES string of the molecule is Cc1ccc(C(=O)N/C(=C\c2ccc(-c3ccc(Cl)cc3Cl)o2)C(=O)NC(C)c2ccccc2)cc1. The van der Waals surface area contributed by atoms with Gasteiger partial charge in [-0.25, -0.2) is 0 Å². The van der Waals surface area contributed by atoms with Crippen LogP contribution in [-0.4, -0.2) is 11.8 Å². The maximum atomic E-state index is 13.2. The van der Waals surface area contributed by atoms with Gasteiger partial charge in [0.05, 0.1) is 11.1 Å². The van der Waals surface area contributed by atoms with Crippen molar-refractivity contribution in [3.05, 3.63) is 123 Å². The van der Waals surface area contributed by atoms with Crippen molar-refractivity contribution in [1.82, 2.24) is 10.6 Å². The fourth-order valence-corrected chi connectivity index (χ4v) is 4.07. The highest BCUT2D eigenvalue weighted by molar-refractivity contribution is 6.36. The third-order valence-electron chi connectivity index (χ3n) is 5.56. The molecule has 3 aromatic carbocycles. The van der Waals surface area contributed by atoms with Crippen molar-refractivity contribution >= 4 is 41.1 Å². The molecule has 4 rings (SSSR count). The zero-order valence-electron chi connectivity index (χ0n) is 19.7. The van der Waals surface area contributed by atoms with Gasteiger partial charge in [-0.1, -0.05) is 71.2 Å². The molecule has 7 heteroatoms. The second-order valence-electron chi connectivity index (χ2n) is 8.31. The fourth-order valence-electron chi connectivity index (χ4n) is 3.56. The summed E-state index contributed by atoms with van der Waals surface area (Å²) in [5.41, 5.74) is 3.11. The summed E-state index contributed by atoms with van der Waals surface area (Å²) in [6, 6.07) is 24.9. The van der Waals surface area contributed by atoms with Crippen molar-refractivity contribution in [2.24, 2.45) is 0 Å². The van der Waals surface area contributed by atoms with Crippen molar-refractivity contribution in [2.75, 3.05) is 0 Å². The number of halogens is 2. The summed E-state index contributed by atoms with van der Waals surface area (Å²) in [5, 5.41) is 6.62. The molecule has 0 fully saturated rings. The van der Waals surface area contributed by atoms with Crippen molar-refractivity contribution in [3.63, 3.8) is 0 Å². The minimum Gasteiger partial charge on any atom is -0.457 e. The lowest BCUT2D eigenvalue weighted by Crippen LogP contribution is -2.36. The quantitative estimate of drug-likeness (QED) is 0.254. The lowest BCUT2D eigenvalue weighted by Gasteiger charge is -2.16. The van der Waals surface area contributed by atoms with Crippen LogP contribution >= 0.6 is 23.2 Å². The van der Waals surface area contributed by atoms with Crippen LogP contribution in [0.1, 0.15) is 40.2 Å². The number of benzene rings is 3. The van der Waals surface area contributed by atoms with Gasteiger partial charge in [0.25, 0.3) is 11.8 Å². The van der Waals surface area contributed by atoms with E-state index in [0.29, 0.717) is 32.7 Å². The third-order valence-corrected chi connectivity index (χ3v) is 6.11. The predicted octanol–water partition coefficient (Wildman–Crippen LogP) is 7.21. The van der Waals surface area contributed by atoms with E-state index in [0.717, 1.165) is 11.1 Å². The third kappa shape index (κ3) is 6.25. The molecule has 0 saturated carbocycles. The Kier molecular flexibility index (Phi) is 7.93. The van der Waals surface area contributed by atoms with Crippen LogP contribution in [0.15, 0.2) is 95.0 Å². The van der Waals surface area contributed by atoms with Gasteiger partial charge in [0.15, 0.2) is 0 Å². The molecule has 1 aromatic heterocycles. The molecular weight excluding hydrogens is 495 g/mol. The molecule has 0 aliphatic heterocycles. The molecule has 1 heterocycles. The average molecular weight is 519 g/mol. The zero-order valence-corrected chi connectivity index (χ0v) is 21.2. The van der Waals surface area contributed by atoms with Gasteiger partial charge in [-0.3, -0.25) is 9.59 Å². The molecule has 0 radical (unpaired) electrons. The Morgan fingerprint density at radius 2 is 1.64 bits per heavy atom. The molecule has 36 heavy (non-hydrogen) atoms. The second kappa shape index (κ2) is 11.3. The summed E-state index contributed by atoms with van der Waals surface area (Å²) in [7, 11) is 0. The van der Waals surface area contributed by atoms with Crippen LogP contribution in [0.2, 0.25) is 10.0 Å². The zero-order chi connectivity index (χ0) is 25.7. The Balaban J connectivity index is 1.62. The number of aryl methyl sites for hydroxylation is 1. The number of furan rings is 1. The van der Waals surface area contributed by atoms with Crippen molar-refractivity contribution < 1.29 is 14.0 Å². The van der Waals surface area contributed by atoms with Gasteiger partial charge in [-0.05, 0) is 61.9 Å². The minimum absolute atomic E-state index is 0.0476. The van der Waals surface area contributed by atoms with Crippen molar-refractivity contribution in [2.45, 2.75) is 19.9 Å². The first-order chi connectivity index (χ1) is 17.3. The smallest absolute Gasteiger partial charge is 0.268 e. The van der Waals surface area contributed by atoms with E-state index >= 15 is 0 Å². The highest BCUT2D eigenvalue weighted by Gasteiger charge is 2.18. The van der Waals surface area contributed by atoms with Crippen molar-refractivity contribution in [3.8, 4) is 11.3 Å². The Bertz CT molecular complexity index is 1410. The number of rotatable bonds is 7. The number of hydrogen-bond donors (Lipinski definition) is 2. The van der Waals surface area contributed by atoms with Gasteiger partial charge >= 0.3 is 0 Å². The van der Waals surface area contributed by atoms with Gasteiger partial charge in [0.1, 0.15) is 17.2 Å². The Morgan fingerprint density at radius 1 is 0.917 bits per heavy atom. The van der Waals surface area contributed by atoms with Crippen LogP contribution in [0.5, 0.6) is 0 Å². The molecular formula is C29H24Cl2N2O3. The molecule has 2 amide bonds. The van der Waals surface area contributed by atoms with Gasteiger partial charge < -0.3 is 15.1 Å². The van der Waals surface area contributed by atoms with E-state index in [1.54, 1.807) is 42.5 Å². The van der Waals surface area contributed by atoms with E-state index in [1.165, 1.54) is 6.08 Å². The average Bonchev–Trinajstić information content (AvgIpc) is 3.32. The maximum Gasteiger partial charge on any atom is 0.268 e. The standard InChI is InChI=1S/C29H24Cl2N2O3/c1-18-8-10-21(11-9-18)28(34)33-26(29(35)32-19(2)20-6-4-3-5-7-20)17-23-13-15-27(36-23)24-14-12-22(30)16-25(24)31/h3-17,19H,1-2H3,(H,32,35)(H,33,34)/b26-17-. The predicted molar refractivity (Wildman–Crippen MR) is 144 cm³/mol. The van der Waals surface area contributed by atoms with Gasteiger partial charge in [-0.2, -0.15) is 0 Å². The first kappa shape index (κ1) is 25.3. The normalized spacial score (nSPS) is 12.2. The molecule has 182 valence electrons. The van der Waals surface area contributed by atoms with Crippen LogP contribution in [0.3, 0.4) is 0 Å². The highest BCUT2D eigenvalue weighted by Crippen LogP contribution is 2.32. The molecule has 0 aliphatic rings. The number of carbonyl (C=O) groups excluding carboxylic acids is 2. The van der Waals surface area contributed by atoms with E-state index in [2.05, 4.69) is 10.6 Å². The lowest BCUT2D eigenvalue weighted by atomic mass is 10.1. The van der Waals surface area contributed by atoms with Crippen LogP contribution in [0.4, 0.5) is 0 Å².